The SMILES string of the molecule is Cc1cccc(C)c1N1CCN(Cc2cc3ccccc3o2)CC1. The molecule has 0 N–H and O–H groups in total. The van der Waals surface area contributed by atoms with Crippen LogP contribution in [-0.2, 0) is 6.54 Å². The van der Waals surface area contributed by atoms with E-state index < -0.39 is 0 Å². The molecule has 3 nitrogen and oxygen atoms in total. The van der Waals surface area contributed by atoms with Gasteiger partial charge in [0.2, 0.25) is 0 Å². The van der Waals surface area contributed by atoms with Gasteiger partial charge in [-0.1, -0.05) is 36.4 Å². The van der Waals surface area contributed by atoms with Crippen LogP contribution >= 0.6 is 0 Å². The molecule has 0 radical (unpaired) electrons. The maximum absolute atomic E-state index is 5.97. The minimum atomic E-state index is 0.898. The summed E-state index contributed by atoms with van der Waals surface area (Å²) < 4.78 is 5.97. The maximum Gasteiger partial charge on any atom is 0.134 e. The van der Waals surface area contributed by atoms with Gasteiger partial charge < -0.3 is 9.32 Å². The Morgan fingerprint density at radius 1 is 0.875 bits per heavy atom. The Kier molecular flexibility index (Phi) is 4.03. The van der Waals surface area contributed by atoms with Gasteiger partial charge in [-0.3, -0.25) is 4.90 Å². The van der Waals surface area contributed by atoms with Gasteiger partial charge in [0.15, 0.2) is 0 Å². The van der Waals surface area contributed by atoms with Gasteiger partial charge in [-0.25, -0.2) is 0 Å². The molecule has 1 aromatic heterocycles. The Bertz CT molecular complexity index is 791. The van der Waals surface area contributed by atoms with Crippen molar-refractivity contribution in [2.24, 2.45) is 0 Å². The lowest BCUT2D eigenvalue weighted by molar-refractivity contribution is 0.232. The molecule has 124 valence electrons. The lowest BCUT2D eigenvalue weighted by atomic mass is 10.1. The molecule has 2 aromatic carbocycles. The summed E-state index contributed by atoms with van der Waals surface area (Å²) in [5.41, 5.74) is 5.16. The van der Waals surface area contributed by atoms with Gasteiger partial charge in [0.25, 0.3) is 0 Å². The first-order chi connectivity index (χ1) is 11.7. The van der Waals surface area contributed by atoms with Crippen molar-refractivity contribution in [3.63, 3.8) is 0 Å². The van der Waals surface area contributed by atoms with E-state index in [9.17, 15) is 0 Å². The van der Waals surface area contributed by atoms with Crippen LogP contribution in [0.15, 0.2) is 52.9 Å². The van der Waals surface area contributed by atoms with Crippen molar-refractivity contribution in [2.75, 3.05) is 31.1 Å². The lowest BCUT2D eigenvalue weighted by Crippen LogP contribution is -2.46. The fourth-order valence-electron chi connectivity index (χ4n) is 3.77. The largest absolute Gasteiger partial charge is 0.460 e. The summed E-state index contributed by atoms with van der Waals surface area (Å²) in [6.45, 7) is 9.62. The quantitative estimate of drug-likeness (QED) is 0.714. The summed E-state index contributed by atoms with van der Waals surface area (Å²) in [6.07, 6.45) is 0. The van der Waals surface area contributed by atoms with Crippen molar-refractivity contribution in [3.8, 4) is 0 Å². The molecule has 0 bridgehead atoms. The van der Waals surface area contributed by atoms with Crippen molar-refractivity contribution in [1.82, 2.24) is 4.90 Å². The van der Waals surface area contributed by atoms with E-state index in [-0.39, 0.29) is 0 Å². The van der Waals surface area contributed by atoms with E-state index in [0.29, 0.717) is 0 Å². The average molecular weight is 320 g/mol. The summed E-state index contributed by atoms with van der Waals surface area (Å²) in [7, 11) is 0. The van der Waals surface area contributed by atoms with E-state index >= 15 is 0 Å². The van der Waals surface area contributed by atoms with Gasteiger partial charge in [0, 0.05) is 37.3 Å². The molecule has 0 atom stereocenters. The molecule has 1 aliphatic rings. The smallest absolute Gasteiger partial charge is 0.134 e. The van der Waals surface area contributed by atoms with Crippen LogP contribution in [0.25, 0.3) is 11.0 Å². The molecular formula is C21H24N2O. The third-order valence-electron chi connectivity index (χ3n) is 4.98. The number of hydrogen-bond donors (Lipinski definition) is 0. The van der Waals surface area contributed by atoms with E-state index in [4.69, 9.17) is 4.42 Å². The van der Waals surface area contributed by atoms with Crippen molar-refractivity contribution in [2.45, 2.75) is 20.4 Å². The Labute approximate surface area is 143 Å². The first kappa shape index (κ1) is 15.3. The molecule has 1 saturated heterocycles. The van der Waals surface area contributed by atoms with E-state index in [1.165, 1.54) is 22.2 Å². The van der Waals surface area contributed by atoms with Gasteiger partial charge in [-0.15, -0.1) is 0 Å². The Morgan fingerprint density at radius 2 is 1.58 bits per heavy atom. The summed E-state index contributed by atoms with van der Waals surface area (Å²) in [6, 6.07) is 17.0. The topological polar surface area (TPSA) is 19.6 Å². The molecule has 24 heavy (non-hydrogen) atoms. The van der Waals surface area contributed by atoms with Crippen molar-refractivity contribution in [1.29, 1.82) is 0 Å². The summed E-state index contributed by atoms with van der Waals surface area (Å²) in [5.74, 6) is 1.07. The number of piperazine rings is 1. The number of fused-ring (bicyclic) bond motifs is 1. The molecular weight excluding hydrogens is 296 g/mol. The molecule has 0 saturated carbocycles. The molecule has 0 aliphatic carbocycles. The number of para-hydroxylation sites is 2. The highest BCUT2D eigenvalue weighted by Gasteiger charge is 2.20. The number of furan rings is 1. The van der Waals surface area contributed by atoms with Crippen LogP contribution in [-0.4, -0.2) is 31.1 Å². The number of rotatable bonds is 3. The van der Waals surface area contributed by atoms with Gasteiger partial charge in [-0.2, -0.15) is 0 Å². The Morgan fingerprint density at radius 3 is 2.29 bits per heavy atom. The van der Waals surface area contributed by atoms with Crippen LogP contribution in [0.5, 0.6) is 0 Å². The Balaban J connectivity index is 1.43. The Hall–Kier alpha value is -2.26. The van der Waals surface area contributed by atoms with Crippen LogP contribution in [0, 0.1) is 13.8 Å². The van der Waals surface area contributed by atoms with Gasteiger partial charge in [0.05, 0.1) is 6.54 Å². The van der Waals surface area contributed by atoms with E-state index in [2.05, 4.69) is 60.0 Å². The molecule has 0 spiro atoms. The van der Waals surface area contributed by atoms with Gasteiger partial charge >= 0.3 is 0 Å². The minimum absolute atomic E-state index is 0.898. The monoisotopic (exact) mass is 320 g/mol. The molecule has 0 unspecified atom stereocenters. The third kappa shape index (κ3) is 2.92. The molecule has 1 fully saturated rings. The molecule has 3 heteroatoms. The molecule has 0 amide bonds. The second-order valence-electron chi connectivity index (χ2n) is 6.75. The number of aryl methyl sites for hydroxylation is 2. The van der Waals surface area contributed by atoms with Crippen LogP contribution in [0.4, 0.5) is 5.69 Å². The third-order valence-corrected chi connectivity index (χ3v) is 4.98. The van der Waals surface area contributed by atoms with Crippen molar-refractivity contribution >= 4 is 16.7 Å². The predicted molar refractivity (Wildman–Crippen MR) is 99.6 cm³/mol. The van der Waals surface area contributed by atoms with Crippen LogP contribution < -0.4 is 4.90 Å². The number of benzene rings is 2. The van der Waals surface area contributed by atoms with Crippen molar-refractivity contribution < 1.29 is 4.42 Å². The van der Waals surface area contributed by atoms with Crippen LogP contribution in [0.2, 0.25) is 0 Å². The molecule has 1 aliphatic heterocycles. The highest BCUT2D eigenvalue weighted by atomic mass is 16.3. The minimum Gasteiger partial charge on any atom is -0.460 e. The predicted octanol–water partition coefficient (Wildman–Crippen LogP) is 4.37. The summed E-state index contributed by atoms with van der Waals surface area (Å²) in [4.78, 5) is 5.02. The van der Waals surface area contributed by atoms with Crippen LogP contribution in [0.1, 0.15) is 16.9 Å². The van der Waals surface area contributed by atoms with Gasteiger partial charge in [-0.05, 0) is 37.1 Å². The first-order valence-electron chi connectivity index (χ1n) is 8.72. The second-order valence-corrected chi connectivity index (χ2v) is 6.75. The number of hydrogen-bond acceptors (Lipinski definition) is 3. The second kappa shape index (κ2) is 6.33. The zero-order valence-corrected chi connectivity index (χ0v) is 14.5. The first-order valence-corrected chi connectivity index (χ1v) is 8.72. The van der Waals surface area contributed by atoms with Gasteiger partial charge in [0.1, 0.15) is 11.3 Å². The van der Waals surface area contributed by atoms with Crippen LogP contribution in [0.3, 0.4) is 0 Å². The average Bonchev–Trinajstić information content (AvgIpc) is 2.98. The molecule has 4 rings (SSSR count). The highest BCUT2D eigenvalue weighted by Crippen LogP contribution is 2.26. The summed E-state index contributed by atoms with van der Waals surface area (Å²) >= 11 is 0. The fourth-order valence-corrected chi connectivity index (χ4v) is 3.77. The molecule has 3 aromatic rings. The van der Waals surface area contributed by atoms with Crippen molar-refractivity contribution in [3.05, 3.63) is 65.4 Å². The standard InChI is InChI=1S/C21H24N2O/c1-16-6-5-7-17(2)21(16)23-12-10-22(11-13-23)15-19-14-18-8-3-4-9-20(18)24-19/h3-9,14H,10-13,15H2,1-2H3. The maximum atomic E-state index is 5.97. The molecule has 2 heterocycles. The summed E-state index contributed by atoms with van der Waals surface area (Å²) in [5, 5.41) is 1.20. The van der Waals surface area contributed by atoms with E-state index in [1.807, 2.05) is 12.1 Å². The number of anilines is 1. The van der Waals surface area contributed by atoms with E-state index in [0.717, 1.165) is 44.1 Å². The highest BCUT2D eigenvalue weighted by molar-refractivity contribution is 5.77. The lowest BCUT2D eigenvalue weighted by Gasteiger charge is -2.37. The fraction of sp³-hybridized carbons (Fsp3) is 0.333. The zero-order valence-electron chi connectivity index (χ0n) is 14.5. The van der Waals surface area contributed by atoms with E-state index in [1.54, 1.807) is 0 Å². The number of nitrogens with zero attached hydrogens (tertiary/aromatic N) is 2. The normalized spacial score (nSPS) is 16.0. The zero-order chi connectivity index (χ0) is 16.5.